The van der Waals surface area contributed by atoms with Gasteiger partial charge in [-0.05, 0) is 56.4 Å². The second kappa shape index (κ2) is 10.2. The maximum absolute atomic E-state index is 15.0. The zero-order chi connectivity index (χ0) is 27.0. The number of hydrogen-bond acceptors (Lipinski definition) is 7. The van der Waals surface area contributed by atoms with E-state index in [9.17, 15) is 8.42 Å². The van der Waals surface area contributed by atoms with E-state index in [0.717, 1.165) is 30.5 Å². The molecule has 0 saturated carbocycles. The van der Waals surface area contributed by atoms with Crippen molar-refractivity contribution in [2.24, 2.45) is 0 Å². The van der Waals surface area contributed by atoms with Gasteiger partial charge in [-0.1, -0.05) is 18.2 Å². The molecule has 5 rings (SSSR count). The van der Waals surface area contributed by atoms with E-state index in [4.69, 9.17) is 0 Å². The molecule has 0 spiro atoms. The molecule has 200 valence electrons. The molecular weight excluding hydrogens is 505 g/mol. The van der Waals surface area contributed by atoms with Crippen molar-refractivity contribution in [2.75, 3.05) is 55.0 Å². The van der Waals surface area contributed by atoms with E-state index >= 15 is 4.39 Å². The monoisotopic (exact) mass is 537 g/mol. The maximum Gasteiger partial charge on any atom is 0.232 e. The minimum absolute atomic E-state index is 0.287. The standard InChI is InChI=1S/C27H32FN7O2S/c1-32(2)22-12-14-34(18-22)25-10-9-21(15-23(25)28)30-27-29-16-19-11-13-35(26(19)31-27)17-20-7-5-6-8-24(20)33(3)38(4,36)37/h5-11,13,15-16,22H,12,14,17-18H2,1-4H3,(H,29,30,31). The van der Waals surface area contributed by atoms with Crippen LogP contribution in [0, 0.1) is 5.82 Å². The molecule has 1 fully saturated rings. The van der Waals surface area contributed by atoms with Gasteiger partial charge in [0.05, 0.1) is 24.2 Å². The summed E-state index contributed by atoms with van der Waals surface area (Å²) in [7, 11) is 2.24. The lowest BCUT2D eigenvalue weighted by atomic mass is 10.2. The molecule has 0 radical (unpaired) electrons. The Morgan fingerprint density at radius 1 is 1.13 bits per heavy atom. The van der Waals surface area contributed by atoms with Gasteiger partial charge in [0.2, 0.25) is 16.0 Å². The second-order valence-electron chi connectivity index (χ2n) is 9.92. The van der Waals surface area contributed by atoms with E-state index in [0.29, 0.717) is 41.2 Å². The Bertz CT molecular complexity index is 1570. The SMILES string of the molecule is CN(C)C1CCN(c2ccc(Nc3ncc4ccn(Cc5ccccc5N(C)S(C)(=O)=O)c4n3)cc2F)C1. The molecule has 1 saturated heterocycles. The Labute approximate surface area is 222 Å². The number of benzene rings is 2. The number of fused-ring (bicyclic) bond motifs is 1. The van der Waals surface area contributed by atoms with Gasteiger partial charge < -0.3 is 19.7 Å². The first-order chi connectivity index (χ1) is 18.1. The fourth-order valence-electron chi connectivity index (χ4n) is 4.82. The number of nitrogens with one attached hydrogen (secondary N) is 1. The van der Waals surface area contributed by atoms with Gasteiger partial charge in [-0.3, -0.25) is 4.31 Å². The lowest BCUT2D eigenvalue weighted by Crippen LogP contribution is -2.31. The maximum atomic E-state index is 15.0. The van der Waals surface area contributed by atoms with Gasteiger partial charge in [0.1, 0.15) is 11.5 Å². The van der Waals surface area contributed by atoms with Gasteiger partial charge in [-0.15, -0.1) is 0 Å². The number of likely N-dealkylation sites (N-methyl/N-ethyl adjacent to an activating group) is 1. The number of halogens is 1. The molecule has 2 aromatic carbocycles. The molecule has 9 nitrogen and oxygen atoms in total. The lowest BCUT2D eigenvalue weighted by molar-refractivity contribution is 0.315. The van der Waals surface area contributed by atoms with Crippen molar-refractivity contribution in [2.45, 2.75) is 19.0 Å². The molecule has 4 aromatic rings. The molecule has 0 bridgehead atoms. The van der Waals surface area contributed by atoms with E-state index in [1.165, 1.54) is 16.6 Å². The number of hydrogen-bond donors (Lipinski definition) is 1. The number of aromatic nitrogens is 3. The topological polar surface area (TPSA) is 86.6 Å². The first kappa shape index (κ1) is 25.9. The molecule has 2 aromatic heterocycles. The van der Waals surface area contributed by atoms with Crippen LogP contribution in [0.15, 0.2) is 60.9 Å². The zero-order valence-electron chi connectivity index (χ0n) is 22.0. The van der Waals surface area contributed by atoms with Crippen molar-refractivity contribution < 1.29 is 12.8 Å². The van der Waals surface area contributed by atoms with Crippen LogP contribution >= 0.6 is 0 Å². The van der Waals surface area contributed by atoms with Gasteiger partial charge in [-0.25, -0.2) is 17.8 Å². The van der Waals surface area contributed by atoms with Crippen molar-refractivity contribution >= 4 is 44.1 Å². The highest BCUT2D eigenvalue weighted by Crippen LogP contribution is 2.29. The van der Waals surface area contributed by atoms with Crippen molar-refractivity contribution in [3.63, 3.8) is 0 Å². The molecule has 0 amide bonds. The first-order valence-electron chi connectivity index (χ1n) is 12.4. The highest BCUT2D eigenvalue weighted by atomic mass is 32.2. The van der Waals surface area contributed by atoms with E-state index in [2.05, 4.69) is 39.2 Å². The first-order valence-corrected chi connectivity index (χ1v) is 14.3. The Hall–Kier alpha value is -3.70. The quantitative estimate of drug-likeness (QED) is 0.365. The van der Waals surface area contributed by atoms with Crippen molar-refractivity contribution in [3.05, 3.63) is 72.3 Å². The summed E-state index contributed by atoms with van der Waals surface area (Å²) < 4.78 is 42.5. The number of nitrogens with zero attached hydrogens (tertiary/aromatic N) is 6. The number of anilines is 4. The average molecular weight is 538 g/mol. The Balaban J connectivity index is 1.37. The van der Waals surface area contributed by atoms with Gasteiger partial charge in [0.25, 0.3) is 0 Å². The van der Waals surface area contributed by atoms with Crippen LogP contribution in [0.4, 0.5) is 27.4 Å². The van der Waals surface area contributed by atoms with Crippen LogP contribution in [-0.2, 0) is 16.6 Å². The fraction of sp³-hybridized carbons (Fsp3) is 0.333. The Morgan fingerprint density at radius 2 is 1.92 bits per heavy atom. The zero-order valence-corrected chi connectivity index (χ0v) is 22.8. The summed E-state index contributed by atoms with van der Waals surface area (Å²) >= 11 is 0. The highest BCUT2D eigenvalue weighted by Gasteiger charge is 2.26. The van der Waals surface area contributed by atoms with E-state index in [1.807, 2.05) is 41.1 Å². The third-order valence-electron chi connectivity index (χ3n) is 7.11. The summed E-state index contributed by atoms with van der Waals surface area (Å²) in [5, 5.41) is 3.97. The molecule has 1 atom stereocenters. The summed E-state index contributed by atoms with van der Waals surface area (Å²) in [5.41, 5.74) is 3.29. The summed E-state index contributed by atoms with van der Waals surface area (Å²) in [6, 6.07) is 14.8. The molecule has 11 heteroatoms. The van der Waals surface area contributed by atoms with Crippen LogP contribution in [0.2, 0.25) is 0 Å². The third-order valence-corrected chi connectivity index (χ3v) is 8.30. The number of sulfonamides is 1. The van der Waals surface area contributed by atoms with E-state index in [-0.39, 0.29) is 5.82 Å². The molecular formula is C27H32FN7O2S. The van der Waals surface area contributed by atoms with Crippen LogP contribution in [0.1, 0.15) is 12.0 Å². The highest BCUT2D eigenvalue weighted by molar-refractivity contribution is 7.92. The van der Waals surface area contributed by atoms with Crippen molar-refractivity contribution in [1.82, 2.24) is 19.4 Å². The van der Waals surface area contributed by atoms with Gasteiger partial charge in [0, 0.05) is 49.6 Å². The summed E-state index contributed by atoms with van der Waals surface area (Å²) in [6.07, 6.45) is 5.80. The molecule has 1 aliphatic heterocycles. The van der Waals surface area contributed by atoms with Crippen molar-refractivity contribution in [3.8, 4) is 0 Å². The average Bonchev–Trinajstić information content (AvgIpc) is 3.51. The largest absolute Gasteiger partial charge is 0.368 e. The molecule has 3 heterocycles. The molecule has 1 aliphatic rings. The number of para-hydroxylation sites is 1. The van der Waals surface area contributed by atoms with Crippen molar-refractivity contribution in [1.29, 1.82) is 0 Å². The minimum Gasteiger partial charge on any atom is -0.368 e. The summed E-state index contributed by atoms with van der Waals surface area (Å²) in [6.45, 7) is 2.05. The molecule has 1 N–H and O–H groups in total. The lowest BCUT2D eigenvalue weighted by Gasteiger charge is -2.22. The van der Waals surface area contributed by atoms with Gasteiger partial charge >= 0.3 is 0 Å². The Morgan fingerprint density at radius 3 is 2.63 bits per heavy atom. The molecule has 38 heavy (non-hydrogen) atoms. The molecule has 0 aliphatic carbocycles. The van der Waals surface area contributed by atoms with Crippen LogP contribution in [-0.4, -0.2) is 74.4 Å². The molecule has 1 unspecified atom stereocenters. The second-order valence-corrected chi connectivity index (χ2v) is 11.9. The predicted molar refractivity (Wildman–Crippen MR) is 150 cm³/mol. The van der Waals surface area contributed by atoms with Crippen LogP contribution in [0.5, 0.6) is 0 Å². The smallest absolute Gasteiger partial charge is 0.232 e. The van der Waals surface area contributed by atoms with Crippen LogP contribution in [0.3, 0.4) is 0 Å². The van der Waals surface area contributed by atoms with E-state index < -0.39 is 10.0 Å². The van der Waals surface area contributed by atoms with Crippen LogP contribution < -0.4 is 14.5 Å². The Kier molecular flexibility index (Phi) is 6.97. The fourth-order valence-corrected chi connectivity index (χ4v) is 5.36. The normalized spacial score (nSPS) is 15.9. The van der Waals surface area contributed by atoms with Crippen LogP contribution in [0.25, 0.3) is 11.0 Å². The summed E-state index contributed by atoms with van der Waals surface area (Å²) in [4.78, 5) is 13.3. The predicted octanol–water partition coefficient (Wildman–Crippen LogP) is 3.90. The van der Waals surface area contributed by atoms with Gasteiger partial charge in [-0.2, -0.15) is 4.98 Å². The van der Waals surface area contributed by atoms with Gasteiger partial charge in [0.15, 0.2) is 0 Å². The number of rotatable bonds is 8. The van der Waals surface area contributed by atoms with E-state index in [1.54, 1.807) is 25.4 Å². The summed E-state index contributed by atoms with van der Waals surface area (Å²) in [5.74, 6) is 0.0606. The minimum atomic E-state index is -3.41. The third kappa shape index (κ3) is 5.30.